The number of hydrogen-bond acceptors (Lipinski definition) is 28. The number of anilines is 2. The van der Waals surface area contributed by atoms with Crippen molar-refractivity contribution >= 4 is 45.8 Å². The van der Waals surface area contributed by atoms with E-state index in [2.05, 4.69) is 29.0 Å². The molecular formula is C52H77N10O26P3S. The molecule has 4 aromatic rings. The molecule has 0 saturated carbocycles. The first kappa shape index (κ1) is 71.4. The van der Waals surface area contributed by atoms with E-state index in [1.165, 1.54) is 44.0 Å². The van der Waals surface area contributed by atoms with Crippen LogP contribution in [0.15, 0.2) is 53.6 Å². The van der Waals surface area contributed by atoms with Gasteiger partial charge in [-0.15, -0.1) is 0 Å². The summed E-state index contributed by atoms with van der Waals surface area (Å²) in [7, 11) is -3.47. The number of ether oxygens (including phenoxy) is 9. The van der Waals surface area contributed by atoms with Crippen molar-refractivity contribution in [2.75, 3.05) is 66.3 Å². The average Bonchev–Trinajstić information content (AvgIpc) is 1.60. The van der Waals surface area contributed by atoms with Gasteiger partial charge in [0.15, 0.2) is 24.9 Å². The van der Waals surface area contributed by atoms with Gasteiger partial charge in [-0.2, -0.15) is 9.97 Å². The van der Waals surface area contributed by atoms with Crippen molar-refractivity contribution in [2.45, 2.75) is 177 Å². The number of nitrogens with two attached hydrogens (primary N) is 2. The summed E-state index contributed by atoms with van der Waals surface area (Å²) in [5, 5.41) is 0. The van der Waals surface area contributed by atoms with Crippen LogP contribution in [0.3, 0.4) is 0 Å². The number of phosphoric acid groups is 2. The van der Waals surface area contributed by atoms with Crippen molar-refractivity contribution in [2.24, 2.45) is 0 Å². The average molecular weight is 1380 g/mol. The molecule has 8 fully saturated rings. The number of phosphoric ester groups is 2. The smallest absolute Gasteiger partial charge is 0.383 e. The van der Waals surface area contributed by atoms with Crippen LogP contribution < -0.4 is 45.3 Å². The first-order valence-electron chi connectivity index (χ1n) is 29.0. The molecule has 92 heavy (non-hydrogen) atoms. The van der Waals surface area contributed by atoms with E-state index in [0.29, 0.717) is 48.1 Å². The van der Waals surface area contributed by atoms with Crippen LogP contribution in [0, 0.1) is 27.7 Å². The van der Waals surface area contributed by atoms with E-state index in [1.54, 1.807) is 41.0 Å². The van der Waals surface area contributed by atoms with Crippen LogP contribution in [-0.4, -0.2) is 179 Å². The summed E-state index contributed by atoms with van der Waals surface area (Å²) >= 11 is 4.95. The van der Waals surface area contributed by atoms with Crippen LogP contribution in [-0.2, 0) is 90.7 Å². The predicted molar refractivity (Wildman–Crippen MR) is 322 cm³/mol. The Labute approximate surface area is 529 Å². The molecule has 12 rings (SSSR count). The van der Waals surface area contributed by atoms with E-state index in [1.807, 2.05) is 27.7 Å². The maximum Gasteiger partial charge on any atom is 0.472 e. The maximum absolute atomic E-state index is 12.2. The Kier molecular flexibility index (Phi) is 20.9. The highest BCUT2D eigenvalue weighted by Gasteiger charge is 2.67. The molecule has 0 spiro atoms. The summed E-state index contributed by atoms with van der Waals surface area (Å²) in [6, 6.07) is 0. The molecule has 12 heterocycles. The lowest BCUT2D eigenvalue weighted by Gasteiger charge is -2.31. The van der Waals surface area contributed by atoms with E-state index in [-0.39, 0.29) is 49.2 Å². The van der Waals surface area contributed by atoms with Crippen LogP contribution in [0.25, 0.3) is 0 Å². The quantitative estimate of drug-likeness (QED) is 0.0677. The number of aromatic nitrogens is 8. The van der Waals surface area contributed by atoms with Crippen LogP contribution in [0.1, 0.15) is 101 Å². The van der Waals surface area contributed by atoms with Crippen LogP contribution in [0.5, 0.6) is 0 Å². The maximum atomic E-state index is 12.2. The summed E-state index contributed by atoms with van der Waals surface area (Å²) in [5.41, 5.74) is 6.92. The number of hydrogen-bond donors (Lipinski definition) is 7. The van der Waals surface area contributed by atoms with Gasteiger partial charge in [0, 0.05) is 75.5 Å². The van der Waals surface area contributed by atoms with Gasteiger partial charge in [-0.3, -0.25) is 60.4 Å². The molecule has 8 bridgehead atoms. The fourth-order valence-electron chi connectivity index (χ4n) is 12.2. The molecule has 0 aromatic carbocycles. The molecule has 36 nitrogen and oxygen atoms in total. The number of methoxy groups -OCH3 is 1. The normalized spacial score (nSPS) is 34.7. The van der Waals surface area contributed by atoms with E-state index in [9.17, 15) is 52.6 Å². The molecule has 9 N–H and O–H groups in total. The predicted octanol–water partition coefficient (Wildman–Crippen LogP) is 0.791. The van der Waals surface area contributed by atoms with Gasteiger partial charge in [-0.25, -0.2) is 28.3 Å². The molecule has 8 aliphatic rings. The van der Waals surface area contributed by atoms with Gasteiger partial charge in [-0.05, 0) is 65.2 Å². The molecule has 40 heteroatoms. The third-order valence-electron chi connectivity index (χ3n) is 17.7. The molecule has 4 aromatic heterocycles. The Morgan fingerprint density at radius 3 is 1.10 bits per heavy atom. The van der Waals surface area contributed by atoms with Crippen LogP contribution in [0.4, 0.5) is 11.6 Å². The zero-order valence-electron chi connectivity index (χ0n) is 52.2. The minimum absolute atomic E-state index is 0.137. The molecule has 8 saturated heterocycles. The van der Waals surface area contributed by atoms with Crippen LogP contribution >= 0.6 is 22.4 Å². The lowest BCUT2D eigenvalue weighted by molar-refractivity contribution is -0.176. The number of aryl methyl sites for hydroxylation is 4. The van der Waals surface area contributed by atoms with Crippen molar-refractivity contribution in [3.05, 3.63) is 110 Å². The van der Waals surface area contributed by atoms with Crippen molar-refractivity contribution < 1.29 is 93.6 Å². The van der Waals surface area contributed by atoms with Crippen molar-refractivity contribution in [3.8, 4) is 0 Å². The SMILES string of the molecule is CC[C@@]12COC([C@H](n3cc(C)c(=O)[nH]c3=O)O1)[C@H]2OC.CC[C@@]12COC([C@H](n3cc(C)c(=O)[nH]c3=O)O1)[C@H]2OP(=O)(O)OC.CC[C@@]12COC([C@H](n3cc(C)c(N)nc3=O)O1)[C@H]2OP(=O)(O)OC.CC[C@@]12COC([C@H](n3cc(C)c(N)nc3=O)O1)[C@H]2OP(O)(=S)OC. The van der Waals surface area contributed by atoms with Crippen molar-refractivity contribution in [3.63, 3.8) is 0 Å². The number of fused-ring (bicyclic) bond motifs is 8. The standard InChI is InChI=1S/C13H20N3O7P.C13H20N3O6PS.C13H19N2O8P.C13H18N2O5/c1-4-13-6-21-8(9(13)23-24(18,19)20-3)11(22-13)16-5-7(2)10(14)15-12(16)17;1-4-13-6-20-8(9(13)22-23(18,24)19-3)11(21-13)16-5-7(2)10(14)15-12(16)17;1-4-13-6-21-8(9(13)23-24(18,19)20-3)11(22-13)15-5-7(2)10(16)14-12(15)17;1-4-13-6-19-8(9(13)18-3)11(20-13)15-5-7(2)10(16)14-12(15)17/h5,8-9,11H,4,6H2,1-3H3,(H,18,19)(H2,14,15,17);5,8-9,11H,4,6H2,1-3H3,(H,18,24)(H2,14,15,17);5,8-9,11H,4,6H2,1-3H3,(H,18,19)(H,14,16,17);5,8-9,11H,4,6H2,1-3H3,(H,14,16,17)/t8?,9-,11-,13+;8?,9-,11-,13+,23?;2*8?,9-,11-,13+/m1111/s1. The lowest BCUT2D eigenvalue weighted by Crippen LogP contribution is -2.42. The van der Waals surface area contributed by atoms with Gasteiger partial charge < -0.3 is 73.3 Å². The monoisotopic (exact) mass is 1380 g/mol. The van der Waals surface area contributed by atoms with Crippen molar-refractivity contribution in [1.29, 1.82) is 0 Å². The molecular weight excluding hydrogens is 1310 g/mol. The highest BCUT2D eigenvalue weighted by atomic mass is 32.5. The molecule has 512 valence electrons. The second kappa shape index (κ2) is 27.0. The van der Waals surface area contributed by atoms with Crippen molar-refractivity contribution in [1.82, 2.24) is 38.2 Å². The summed E-state index contributed by atoms with van der Waals surface area (Å²) in [4.78, 5) is 113. The Hall–Kier alpha value is -4.89. The first-order valence-corrected chi connectivity index (χ1v) is 34.5. The Morgan fingerprint density at radius 2 is 0.804 bits per heavy atom. The van der Waals surface area contributed by atoms with E-state index in [0.717, 1.165) is 20.6 Å². The summed E-state index contributed by atoms with van der Waals surface area (Å²) in [5.74, 6) is 0.307. The third-order valence-corrected chi connectivity index (χ3v) is 21.3. The highest BCUT2D eigenvalue weighted by Crippen LogP contribution is 2.58. The summed E-state index contributed by atoms with van der Waals surface area (Å²) in [6.07, 6.45) is 0.0319. The zero-order valence-corrected chi connectivity index (χ0v) is 55.7. The second-order valence-electron chi connectivity index (χ2n) is 23.0. The Bertz CT molecular complexity index is 3820. The van der Waals surface area contributed by atoms with Gasteiger partial charge in [0.2, 0.25) is 0 Å². The molecule has 0 amide bonds. The van der Waals surface area contributed by atoms with Gasteiger partial charge in [-0.1, -0.05) is 27.7 Å². The minimum atomic E-state index is -4.27. The number of aromatic amines is 2. The fourth-order valence-corrected chi connectivity index (χ4v) is 14.6. The Morgan fingerprint density at radius 1 is 0.511 bits per heavy atom. The molecule has 0 radical (unpaired) electrons. The van der Waals surface area contributed by atoms with Crippen LogP contribution in [0.2, 0.25) is 0 Å². The molecule has 7 unspecified atom stereocenters. The van der Waals surface area contributed by atoms with E-state index in [4.69, 9.17) is 84.0 Å². The van der Waals surface area contributed by atoms with Gasteiger partial charge in [0.25, 0.3) is 11.1 Å². The zero-order chi connectivity index (χ0) is 67.6. The fraction of sp³-hybridized carbons (Fsp3) is 0.692. The molecule has 8 aliphatic heterocycles. The summed E-state index contributed by atoms with van der Waals surface area (Å²) in [6.45, 7) is 11.9. The number of nitrogens with one attached hydrogen (secondary N) is 2. The molecule has 0 aliphatic carbocycles. The lowest BCUT2D eigenvalue weighted by atomic mass is 9.96. The minimum Gasteiger partial charge on any atom is -0.383 e. The highest BCUT2D eigenvalue weighted by molar-refractivity contribution is 8.07. The largest absolute Gasteiger partial charge is 0.472 e. The van der Waals surface area contributed by atoms with E-state index >= 15 is 0 Å². The first-order chi connectivity index (χ1) is 43.2. The second-order valence-corrected chi connectivity index (χ2v) is 28.9. The number of H-pyrrole nitrogens is 2. The van der Waals surface area contributed by atoms with E-state index < -0.39 is 135 Å². The molecule has 19 atom stereocenters. The Balaban J connectivity index is 0.000000145. The van der Waals surface area contributed by atoms with Gasteiger partial charge >= 0.3 is 45.1 Å². The third kappa shape index (κ3) is 13.3. The van der Waals surface area contributed by atoms with Gasteiger partial charge in [0.1, 0.15) is 82.9 Å². The number of nitrogen functional groups attached to an aromatic ring is 2. The van der Waals surface area contributed by atoms with Gasteiger partial charge in [0.05, 0.1) is 26.4 Å². The number of rotatable bonds is 18. The topological polar surface area (TPSA) is 465 Å². The summed E-state index contributed by atoms with van der Waals surface area (Å²) < 4.78 is 111. The number of nitrogens with zero attached hydrogens (tertiary/aromatic N) is 6.